The van der Waals surface area contributed by atoms with Gasteiger partial charge < -0.3 is 15.2 Å². The van der Waals surface area contributed by atoms with Crippen LogP contribution in [-0.2, 0) is 26.7 Å². The number of thiophene rings is 1. The maximum Gasteiger partial charge on any atom is 0.192 e. The summed E-state index contributed by atoms with van der Waals surface area (Å²) in [6.45, 7) is 6.24. The number of aliphatic imine (C=N–C) groups is 1. The van der Waals surface area contributed by atoms with Crippen molar-refractivity contribution in [2.75, 3.05) is 13.1 Å². The highest BCUT2D eigenvalue weighted by molar-refractivity contribution is 7.09. The number of guanidine groups is 1. The lowest BCUT2D eigenvalue weighted by Crippen LogP contribution is -2.44. The van der Waals surface area contributed by atoms with Gasteiger partial charge in [-0.15, -0.1) is 21.5 Å². The van der Waals surface area contributed by atoms with Crippen molar-refractivity contribution in [2.45, 2.75) is 45.4 Å². The third-order valence-electron chi connectivity index (χ3n) is 5.80. The highest BCUT2D eigenvalue weighted by Gasteiger charge is 2.24. The average Bonchev–Trinajstić information content (AvgIpc) is 3.53. The Bertz CT molecular complexity index is 965. The molecule has 2 aromatic heterocycles. The van der Waals surface area contributed by atoms with Crippen LogP contribution in [0.25, 0.3) is 0 Å². The predicted molar refractivity (Wildman–Crippen MR) is 126 cm³/mol. The number of rotatable bonds is 8. The maximum absolute atomic E-state index is 4.79. The number of hydrogen-bond acceptors (Lipinski definition) is 5. The van der Waals surface area contributed by atoms with Crippen LogP contribution in [0.5, 0.6) is 0 Å². The van der Waals surface area contributed by atoms with E-state index in [1.54, 1.807) is 11.3 Å². The normalized spacial score (nSPS) is 17.2. The molecule has 3 heterocycles. The summed E-state index contributed by atoms with van der Waals surface area (Å²) < 4.78 is 1.99. The number of likely N-dealkylation sites (tertiary alicyclic amines) is 1. The van der Waals surface area contributed by atoms with E-state index >= 15 is 0 Å². The Kier molecular flexibility index (Phi) is 7.32. The quantitative estimate of drug-likeness (QED) is 0.419. The molecule has 1 aromatic carbocycles. The molecule has 4 rings (SSSR count). The van der Waals surface area contributed by atoms with Crippen molar-refractivity contribution in [1.29, 1.82) is 0 Å². The molecule has 3 aromatic rings. The summed E-state index contributed by atoms with van der Waals surface area (Å²) in [4.78, 5) is 8.66. The highest BCUT2D eigenvalue weighted by atomic mass is 32.1. The monoisotopic (exact) mass is 437 g/mol. The lowest BCUT2D eigenvalue weighted by molar-refractivity contribution is 0.245. The van der Waals surface area contributed by atoms with E-state index in [-0.39, 0.29) is 0 Å². The van der Waals surface area contributed by atoms with E-state index in [0.29, 0.717) is 12.6 Å². The maximum atomic E-state index is 4.79. The minimum Gasteiger partial charge on any atom is -0.355 e. The summed E-state index contributed by atoms with van der Waals surface area (Å²) in [5, 5.41) is 17.5. The second-order valence-corrected chi connectivity index (χ2v) is 8.99. The van der Waals surface area contributed by atoms with E-state index < -0.39 is 0 Å². The van der Waals surface area contributed by atoms with Crippen LogP contribution in [0.3, 0.4) is 0 Å². The van der Waals surface area contributed by atoms with Crippen LogP contribution in [0.4, 0.5) is 0 Å². The van der Waals surface area contributed by atoms with Crippen molar-refractivity contribution in [3.8, 4) is 0 Å². The molecule has 8 heteroatoms. The van der Waals surface area contributed by atoms with E-state index in [1.807, 2.05) is 18.5 Å². The molecule has 1 saturated heterocycles. The molecule has 0 spiro atoms. The Labute approximate surface area is 188 Å². The van der Waals surface area contributed by atoms with Gasteiger partial charge in [-0.25, -0.2) is 4.99 Å². The van der Waals surface area contributed by atoms with E-state index in [2.05, 4.69) is 73.6 Å². The zero-order chi connectivity index (χ0) is 21.5. The highest BCUT2D eigenvalue weighted by Crippen LogP contribution is 2.19. The van der Waals surface area contributed by atoms with E-state index in [1.165, 1.54) is 23.3 Å². The van der Waals surface area contributed by atoms with Crippen molar-refractivity contribution >= 4 is 17.3 Å². The van der Waals surface area contributed by atoms with Crippen LogP contribution >= 0.6 is 11.3 Å². The molecule has 0 aliphatic carbocycles. The number of aromatic nitrogens is 3. The van der Waals surface area contributed by atoms with Gasteiger partial charge in [0.25, 0.3) is 0 Å². The Morgan fingerprint density at radius 2 is 2.03 bits per heavy atom. The molecule has 164 valence electrons. The first kappa shape index (κ1) is 21.5. The van der Waals surface area contributed by atoms with Gasteiger partial charge in [-0.2, -0.15) is 0 Å². The molecular weight excluding hydrogens is 406 g/mol. The van der Waals surface area contributed by atoms with Crippen molar-refractivity contribution in [3.63, 3.8) is 0 Å². The topological polar surface area (TPSA) is 70.4 Å². The van der Waals surface area contributed by atoms with Gasteiger partial charge in [0.1, 0.15) is 12.4 Å². The molecule has 1 unspecified atom stereocenters. The van der Waals surface area contributed by atoms with Gasteiger partial charge in [0.05, 0.1) is 6.54 Å². The van der Waals surface area contributed by atoms with E-state index in [4.69, 9.17) is 4.99 Å². The van der Waals surface area contributed by atoms with Gasteiger partial charge >= 0.3 is 0 Å². The van der Waals surface area contributed by atoms with Gasteiger partial charge in [0, 0.05) is 31.1 Å². The zero-order valence-electron chi connectivity index (χ0n) is 18.3. The van der Waals surface area contributed by atoms with Crippen LogP contribution in [0.15, 0.2) is 52.8 Å². The number of hydrogen-bond donors (Lipinski definition) is 2. The summed E-state index contributed by atoms with van der Waals surface area (Å²) in [6.07, 6.45) is 2.45. The second-order valence-electron chi connectivity index (χ2n) is 7.95. The van der Waals surface area contributed by atoms with Crippen LogP contribution in [0.1, 0.15) is 34.9 Å². The third kappa shape index (κ3) is 5.92. The Balaban J connectivity index is 1.38. The molecule has 0 bridgehead atoms. The smallest absolute Gasteiger partial charge is 0.192 e. The van der Waals surface area contributed by atoms with Crippen LogP contribution in [-0.4, -0.2) is 44.8 Å². The SMILES string of the molecule is Cc1nnc(CN=C(NCc2cccs2)NCC2CCCN2Cc2ccccc2)n1C. The molecule has 2 N–H and O–H groups in total. The Morgan fingerprint density at radius 3 is 2.77 bits per heavy atom. The first-order valence-corrected chi connectivity index (χ1v) is 11.7. The lowest BCUT2D eigenvalue weighted by Gasteiger charge is -2.25. The van der Waals surface area contributed by atoms with Crippen molar-refractivity contribution in [1.82, 2.24) is 30.3 Å². The molecule has 0 radical (unpaired) electrons. The molecule has 0 amide bonds. The average molecular weight is 438 g/mol. The molecule has 31 heavy (non-hydrogen) atoms. The first-order chi connectivity index (χ1) is 15.2. The predicted octanol–water partition coefficient (Wildman–Crippen LogP) is 3.09. The first-order valence-electron chi connectivity index (χ1n) is 10.9. The largest absolute Gasteiger partial charge is 0.355 e. The molecule has 0 saturated carbocycles. The fourth-order valence-electron chi connectivity index (χ4n) is 3.86. The minimum absolute atomic E-state index is 0.496. The molecule has 7 nitrogen and oxygen atoms in total. The molecule has 1 atom stereocenters. The van der Waals surface area contributed by atoms with Gasteiger partial charge in [0.2, 0.25) is 0 Å². The standard InChI is InChI=1S/C23H31N7S/c1-18-27-28-22(29(18)2)16-26-23(25-15-21-11-7-13-31-21)24-14-20-10-6-12-30(20)17-19-8-4-3-5-9-19/h3-5,7-9,11,13,20H,6,10,12,14-17H2,1-2H3,(H2,24,25,26). The fourth-order valence-corrected chi connectivity index (χ4v) is 4.51. The van der Waals surface area contributed by atoms with Crippen molar-refractivity contribution in [2.24, 2.45) is 12.0 Å². The summed E-state index contributed by atoms with van der Waals surface area (Å²) >= 11 is 1.75. The van der Waals surface area contributed by atoms with Gasteiger partial charge in [-0.05, 0) is 43.3 Å². The van der Waals surface area contributed by atoms with Crippen molar-refractivity contribution < 1.29 is 0 Å². The lowest BCUT2D eigenvalue weighted by atomic mass is 10.2. The Hall–Kier alpha value is -2.71. The Morgan fingerprint density at radius 1 is 1.16 bits per heavy atom. The van der Waals surface area contributed by atoms with E-state index in [0.717, 1.165) is 43.8 Å². The number of nitrogens with zero attached hydrogens (tertiary/aromatic N) is 5. The van der Waals surface area contributed by atoms with E-state index in [9.17, 15) is 0 Å². The summed E-state index contributed by atoms with van der Waals surface area (Å²) in [5.74, 6) is 2.58. The molecule has 1 aliphatic rings. The summed E-state index contributed by atoms with van der Waals surface area (Å²) in [5.41, 5.74) is 1.37. The van der Waals surface area contributed by atoms with Gasteiger partial charge in [0.15, 0.2) is 11.8 Å². The molecule has 1 aliphatic heterocycles. The van der Waals surface area contributed by atoms with Gasteiger partial charge in [-0.1, -0.05) is 36.4 Å². The molecule has 1 fully saturated rings. The number of benzene rings is 1. The van der Waals surface area contributed by atoms with Crippen LogP contribution in [0.2, 0.25) is 0 Å². The van der Waals surface area contributed by atoms with Crippen LogP contribution < -0.4 is 10.6 Å². The molecular formula is C23H31N7S. The number of nitrogens with one attached hydrogen (secondary N) is 2. The van der Waals surface area contributed by atoms with Crippen molar-refractivity contribution in [3.05, 3.63) is 69.9 Å². The second kappa shape index (κ2) is 10.5. The fraction of sp³-hybridized carbons (Fsp3) is 0.435. The summed E-state index contributed by atoms with van der Waals surface area (Å²) in [7, 11) is 1.98. The third-order valence-corrected chi connectivity index (χ3v) is 6.68. The number of aryl methyl sites for hydroxylation is 1. The minimum atomic E-state index is 0.496. The zero-order valence-corrected chi connectivity index (χ0v) is 19.1. The van der Waals surface area contributed by atoms with Crippen LogP contribution in [0, 0.1) is 6.92 Å². The summed E-state index contributed by atoms with van der Waals surface area (Å²) in [6, 6.07) is 15.5. The van der Waals surface area contributed by atoms with Gasteiger partial charge in [-0.3, -0.25) is 4.90 Å².